The molecule has 0 fully saturated rings. The summed E-state index contributed by atoms with van der Waals surface area (Å²) in [6.07, 6.45) is 9.10. The second kappa shape index (κ2) is 8.30. The molecule has 0 radical (unpaired) electrons. The van der Waals surface area contributed by atoms with Gasteiger partial charge in [0.05, 0.1) is 0 Å². The van der Waals surface area contributed by atoms with Crippen molar-refractivity contribution in [1.29, 1.82) is 0 Å². The Bertz CT molecular complexity index is 1380. The highest BCUT2D eigenvalue weighted by Gasteiger charge is 2.17. The predicted molar refractivity (Wildman–Crippen MR) is 124 cm³/mol. The standard InChI is InChI=1S/C24H25N7O/c1-4-17(5-2)20-9-11-31-23(20)24(26-15-28-31)29-18-6-7-21(16(3)12-18)32-19-8-10-30-22(13-19)25-14-27-30/h6-15,17H,4-5H2,1-3H3,(H,26,28,29). The van der Waals surface area contributed by atoms with E-state index in [9.17, 15) is 0 Å². The zero-order valence-electron chi connectivity index (χ0n) is 18.4. The maximum absolute atomic E-state index is 6.09. The van der Waals surface area contributed by atoms with Crippen molar-refractivity contribution in [3.05, 3.63) is 72.6 Å². The third-order valence-electron chi connectivity index (χ3n) is 5.83. The molecule has 5 aromatic rings. The summed E-state index contributed by atoms with van der Waals surface area (Å²) in [6, 6.07) is 11.9. The molecule has 0 atom stereocenters. The lowest BCUT2D eigenvalue weighted by Crippen LogP contribution is -2.03. The number of rotatable bonds is 7. The first-order valence-corrected chi connectivity index (χ1v) is 10.8. The molecule has 162 valence electrons. The van der Waals surface area contributed by atoms with Gasteiger partial charge in [-0.1, -0.05) is 13.8 Å². The van der Waals surface area contributed by atoms with Gasteiger partial charge in [0.2, 0.25) is 0 Å². The van der Waals surface area contributed by atoms with Crippen molar-refractivity contribution in [1.82, 2.24) is 29.2 Å². The number of pyridine rings is 1. The Labute approximate surface area is 185 Å². The van der Waals surface area contributed by atoms with Gasteiger partial charge in [-0.15, -0.1) is 0 Å². The molecule has 5 rings (SSSR count). The van der Waals surface area contributed by atoms with E-state index in [2.05, 4.69) is 51.5 Å². The van der Waals surface area contributed by atoms with E-state index in [4.69, 9.17) is 4.74 Å². The second-order valence-electron chi connectivity index (χ2n) is 7.82. The number of hydrogen-bond acceptors (Lipinski definition) is 6. The van der Waals surface area contributed by atoms with Gasteiger partial charge in [0.25, 0.3) is 0 Å². The summed E-state index contributed by atoms with van der Waals surface area (Å²) in [5.74, 6) is 2.78. The first kappa shape index (κ1) is 20.0. The van der Waals surface area contributed by atoms with E-state index in [0.717, 1.165) is 52.6 Å². The van der Waals surface area contributed by atoms with Gasteiger partial charge in [-0.05, 0) is 67.1 Å². The summed E-state index contributed by atoms with van der Waals surface area (Å²) in [7, 11) is 0. The normalized spacial score (nSPS) is 11.5. The molecule has 4 heterocycles. The predicted octanol–water partition coefficient (Wildman–Crippen LogP) is 5.52. The number of fused-ring (bicyclic) bond motifs is 2. The van der Waals surface area contributed by atoms with E-state index in [1.54, 1.807) is 10.8 Å². The van der Waals surface area contributed by atoms with E-state index >= 15 is 0 Å². The van der Waals surface area contributed by atoms with Crippen molar-refractivity contribution in [2.75, 3.05) is 5.32 Å². The molecular weight excluding hydrogens is 402 g/mol. The van der Waals surface area contributed by atoms with E-state index in [-0.39, 0.29) is 0 Å². The van der Waals surface area contributed by atoms with Crippen molar-refractivity contribution in [3.8, 4) is 11.5 Å². The minimum atomic E-state index is 0.478. The summed E-state index contributed by atoms with van der Waals surface area (Å²) < 4.78 is 9.69. The highest BCUT2D eigenvalue weighted by Crippen LogP contribution is 2.33. The Morgan fingerprint density at radius 3 is 2.53 bits per heavy atom. The zero-order valence-corrected chi connectivity index (χ0v) is 18.4. The topological polar surface area (TPSA) is 81.6 Å². The highest BCUT2D eigenvalue weighted by atomic mass is 16.5. The lowest BCUT2D eigenvalue weighted by Gasteiger charge is -2.15. The number of nitrogens with one attached hydrogen (secondary N) is 1. The van der Waals surface area contributed by atoms with Crippen LogP contribution < -0.4 is 10.1 Å². The van der Waals surface area contributed by atoms with Gasteiger partial charge in [-0.3, -0.25) is 0 Å². The van der Waals surface area contributed by atoms with Crippen LogP contribution in [0, 0.1) is 6.92 Å². The average molecular weight is 428 g/mol. The molecule has 0 amide bonds. The summed E-state index contributed by atoms with van der Waals surface area (Å²) in [5.41, 5.74) is 5.00. The molecule has 0 aliphatic rings. The van der Waals surface area contributed by atoms with Crippen molar-refractivity contribution >= 4 is 22.7 Å². The van der Waals surface area contributed by atoms with Gasteiger partial charge in [-0.25, -0.2) is 19.0 Å². The van der Waals surface area contributed by atoms with Crippen LogP contribution in [0.1, 0.15) is 43.7 Å². The quantitative estimate of drug-likeness (QED) is 0.368. The van der Waals surface area contributed by atoms with Gasteiger partial charge < -0.3 is 10.1 Å². The Balaban J connectivity index is 1.42. The van der Waals surface area contributed by atoms with Crippen LogP contribution in [-0.2, 0) is 0 Å². The minimum Gasteiger partial charge on any atom is -0.457 e. The summed E-state index contributed by atoms with van der Waals surface area (Å²) >= 11 is 0. The fourth-order valence-electron chi connectivity index (χ4n) is 4.09. The molecule has 8 heteroatoms. The third kappa shape index (κ3) is 3.64. The maximum Gasteiger partial charge on any atom is 0.158 e. The van der Waals surface area contributed by atoms with E-state index in [1.807, 2.05) is 48.1 Å². The van der Waals surface area contributed by atoms with Crippen LogP contribution in [0.3, 0.4) is 0 Å². The van der Waals surface area contributed by atoms with Crippen molar-refractivity contribution in [3.63, 3.8) is 0 Å². The largest absolute Gasteiger partial charge is 0.457 e. The SMILES string of the molecule is CCC(CC)c1ccn2ncnc(Nc3ccc(Oc4ccn5ncnc5c4)c(C)c3)c12. The number of nitrogens with zero attached hydrogens (tertiary/aromatic N) is 6. The van der Waals surface area contributed by atoms with E-state index in [0.29, 0.717) is 5.92 Å². The van der Waals surface area contributed by atoms with Crippen molar-refractivity contribution < 1.29 is 4.74 Å². The number of anilines is 2. The lowest BCUT2D eigenvalue weighted by molar-refractivity contribution is 0.478. The highest BCUT2D eigenvalue weighted by molar-refractivity contribution is 5.77. The Morgan fingerprint density at radius 1 is 0.938 bits per heavy atom. The molecule has 0 saturated carbocycles. The molecular formula is C24H25N7O. The first-order valence-electron chi connectivity index (χ1n) is 10.8. The lowest BCUT2D eigenvalue weighted by atomic mass is 9.95. The Morgan fingerprint density at radius 2 is 1.72 bits per heavy atom. The Kier molecular flexibility index (Phi) is 5.18. The molecule has 0 aliphatic carbocycles. The van der Waals surface area contributed by atoms with Gasteiger partial charge in [0, 0.05) is 24.1 Å². The molecule has 1 aromatic carbocycles. The number of ether oxygens (including phenoxy) is 1. The number of hydrogen-bond donors (Lipinski definition) is 1. The van der Waals surface area contributed by atoms with Crippen LogP contribution in [0.2, 0.25) is 0 Å². The molecule has 1 N–H and O–H groups in total. The number of aryl methyl sites for hydroxylation is 1. The van der Waals surface area contributed by atoms with Crippen LogP contribution in [0.5, 0.6) is 11.5 Å². The second-order valence-corrected chi connectivity index (χ2v) is 7.82. The summed E-state index contributed by atoms with van der Waals surface area (Å²) in [4.78, 5) is 8.74. The average Bonchev–Trinajstić information content (AvgIpc) is 3.44. The minimum absolute atomic E-state index is 0.478. The summed E-state index contributed by atoms with van der Waals surface area (Å²) in [5, 5.41) is 12.0. The number of aromatic nitrogens is 6. The van der Waals surface area contributed by atoms with E-state index in [1.165, 1.54) is 11.9 Å². The molecule has 8 nitrogen and oxygen atoms in total. The van der Waals surface area contributed by atoms with Crippen LogP contribution >= 0.6 is 0 Å². The first-order chi connectivity index (χ1) is 15.7. The molecule has 0 bridgehead atoms. The third-order valence-corrected chi connectivity index (χ3v) is 5.83. The van der Waals surface area contributed by atoms with Crippen LogP contribution in [0.15, 0.2) is 61.4 Å². The van der Waals surface area contributed by atoms with Gasteiger partial charge >= 0.3 is 0 Å². The molecule has 32 heavy (non-hydrogen) atoms. The van der Waals surface area contributed by atoms with E-state index < -0.39 is 0 Å². The van der Waals surface area contributed by atoms with Crippen LogP contribution in [0.25, 0.3) is 11.2 Å². The van der Waals surface area contributed by atoms with Gasteiger partial charge in [0.15, 0.2) is 11.5 Å². The molecule has 0 unspecified atom stereocenters. The van der Waals surface area contributed by atoms with Crippen molar-refractivity contribution in [2.45, 2.75) is 39.5 Å². The molecule has 4 aromatic heterocycles. The van der Waals surface area contributed by atoms with Crippen LogP contribution in [0.4, 0.5) is 11.5 Å². The zero-order chi connectivity index (χ0) is 22.1. The van der Waals surface area contributed by atoms with Gasteiger partial charge in [0.1, 0.15) is 29.7 Å². The smallest absolute Gasteiger partial charge is 0.158 e. The molecule has 0 saturated heterocycles. The van der Waals surface area contributed by atoms with Gasteiger partial charge in [-0.2, -0.15) is 10.2 Å². The number of benzene rings is 1. The molecule has 0 spiro atoms. The fourth-order valence-corrected chi connectivity index (χ4v) is 4.09. The maximum atomic E-state index is 6.09. The monoisotopic (exact) mass is 427 g/mol. The fraction of sp³-hybridized carbons (Fsp3) is 0.250. The van der Waals surface area contributed by atoms with Crippen molar-refractivity contribution in [2.24, 2.45) is 0 Å². The summed E-state index contributed by atoms with van der Waals surface area (Å²) in [6.45, 7) is 6.47. The van der Waals surface area contributed by atoms with Crippen LogP contribution in [-0.4, -0.2) is 29.2 Å². The Hall–Kier alpha value is -3.94. The molecule has 0 aliphatic heterocycles.